The summed E-state index contributed by atoms with van der Waals surface area (Å²) in [6.07, 6.45) is 2.60. The summed E-state index contributed by atoms with van der Waals surface area (Å²) in [6, 6.07) is 7.74. The van der Waals surface area contributed by atoms with Crippen LogP contribution in [0.1, 0.15) is 0 Å². The lowest BCUT2D eigenvalue weighted by molar-refractivity contribution is 0.623. The highest BCUT2D eigenvalue weighted by Gasteiger charge is 2.59. The first-order chi connectivity index (χ1) is 16.3. The molecule has 0 radical (unpaired) electrons. The topological polar surface area (TPSA) is 72.1 Å². The molecule has 0 bridgehead atoms. The molecule has 6 rings (SSSR count). The zero-order chi connectivity index (χ0) is 23.7. The number of hydrogen-bond acceptors (Lipinski definition) is 6. The minimum atomic E-state index is -0.516. The van der Waals surface area contributed by atoms with Crippen molar-refractivity contribution in [2.75, 3.05) is 29.9 Å². The summed E-state index contributed by atoms with van der Waals surface area (Å²) in [7, 11) is 5.55. The van der Waals surface area contributed by atoms with Gasteiger partial charge in [-0.15, -0.1) is 0 Å². The summed E-state index contributed by atoms with van der Waals surface area (Å²) in [5, 5.41) is 0. The Morgan fingerprint density at radius 3 is 2.53 bits per heavy atom. The Bertz CT molecular complexity index is 1480. The summed E-state index contributed by atoms with van der Waals surface area (Å²) < 4.78 is 31.4. The van der Waals surface area contributed by atoms with E-state index in [-0.39, 0.29) is 23.0 Å². The number of anilines is 2. The number of fused-ring (bicyclic) bond motifs is 2. The summed E-state index contributed by atoms with van der Waals surface area (Å²) in [5.74, 6) is 1.30. The zero-order valence-corrected chi connectivity index (χ0v) is 19.0. The Balaban J connectivity index is 1.25. The van der Waals surface area contributed by atoms with E-state index in [0.717, 1.165) is 30.8 Å². The van der Waals surface area contributed by atoms with Gasteiger partial charge < -0.3 is 14.4 Å². The van der Waals surface area contributed by atoms with Gasteiger partial charge in [0, 0.05) is 76.0 Å². The van der Waals surface area contributed by atoms with Crippen LogP contribution in [0.2, 0.25) is 0 Å². The lowest BCUT2D eigenvalue weighted by atomic mass is 10.2. The van der Waals surface area contributed by atoms with Gasteiger partial charge in [-0.2, -0.15) is 0 Å². The molecular weight excluding hydrogens is 440 g/mol. The van der Waals surface area contributed by atoms with Crippen LogP contribution in [-0.4, -0.2) is 50.3 Å². The van der Waals surface area contributed by atoms with Gasteiger partial charge in [-0.25, -0.2) is 18.7 Å². The number of rotatable bonds is 4. The Kier molecular flexibility index (Phi) is 4.48. The number of benzene rings is 1. The first kappa shape index (κ1) is 20.8. The fourth-order valence-corrected chi connectivity index (χ4v) is 5.37. The first-order valence-electron chi connectivity index (χ1n) is 11.1. The van der Waals surface area contributed by atoms with Crippen molar-refractivity contribution in [3.63, 3.8) is 0 Å². The van der Waals surface area contributed by atoms with Crippen LogP contribution in [0.15, 0.2) is 47.5 Å². The summed E-state index contributed by atoms with van der Waals surface area (Å²) in [6.45, 7) is 1.62. The molecule has 3 atom stereocenters. The van der Waals surface area contributed by atoms with Gasteiger partial charge in [0.05, 0.1) is 22.9 Å². The van der Waals surface area contributed by atoms with Crippen LogP contribution in [0.5, 0.6) is 0 Å². The molecule has 0 unspecified atom stereocenters. The largest absolute Gasteiger partial charge is 0.342 e. The quantitative estimate of drug-likeness (QED) is 0.463. The zero-order valence-electron chi connectivity index (χ0n) is 19.0. The molecule has 1 aliphatic carbocycles. The molecule has 2 aliphatic rings. The standard InChI is InChI=1S/C24H23F2N7O/c1-30-20-5-4-13(25)8-19(20)29-24(30)33-11-15-16(12-33)22(15)32(3)23-28-18(9-21(34)31(23)2)14-6-7-27-10-17(14)26/h4-10,15-16,22H,11-12H2,1-3H3/t15-,16+,22+. The lowest BCUT2D eigenvalue weighted by Gasteiger charge is -2.26. The maximum atomic E-state index is 14.3. The van der Waals surface area contributed by atoms with Crippen LogP contribution in [-0.2, 0) is 14.1 Å². The molecule has 1 saturated heterocycles. The Hall–Kier alpha value is -3.82. The number of pyridine rings is 1. The molecule has 0 N–H and O–H groups in total. The second kappa shape index (κ2) is 7.34. The van der Waals surface area contributed by atoms with E-state index in [4.69, 9.17) is 0 Å². The average molecular weight is 463 g/mol. The van der Waals surface area contributed by atoms with E-state index in [9.17, 15) is 13.6 Å². The molecule has 4 heterocycles. The van der Waals surface area contributed by atoms with Crippen molar-refractivity contribution < 1.29 is 8.78 Å². The van der Waals surface area contributed by atoms with Gasteiger partial charge in [0.15, 0.2) is 5.82 Å². The van der Waals surface area contributed by atoms with Gasteiger partial charge in [-0.1, -0.05) is 0 Å². The monoisotopic (exact) mass is 463 g/mol. The van der Waals surface area contributed by atoms with Gasteiger partial charge in [-0.3, -0.25) is 14.3 Å². The maximum absolute atomic E-state index is 14.3. The third-order valence-electron chi connectivity index (χ3n) is 7.17. The Morgan fingerprint density at radius 2 is 1.79 bits per heavy atom. The molecule has 1 aromatic carbocycles. The molecule has 1 aliphatic heterocycles. The molecule has 10 heteroatoms. The van der Waals surface area contributed by atoms with Crippen LogP contribution in [0.4, 0.5) is 20.7 Å². The predicted octanol–water partition coefficient (Wildman–Crippen LogP) is 2.58. The number of aryl methyl sites for hydroxylation is 1. The van der Waals surface area contributed by atoms with Crippen molar-refractivity contribution in [2.24, 2.45) is 25.9 Å². The molecule has 0 amide bonds. The molecule has 2 fully saturated rings. The highest BCUT2D eigenvalue weighted by Crippen LogP contribution is 2.50. The van der Waals surface area contributed by atoms with Gasteiger partial charge in [0.2, 0.25) is 11.9 Å². The number of piperidine rings is 1. The molecule has 8 nitrogen and oxygen atoms in total. The summed E-state index contributed by atoms with van der Waals surface area (Å²) in [4.78, 5) is 30.0. The van der Waals surface area contributed by atoms with Crippen LogP contribution >= 0.6 is 0 Å². The van der Waals surface area contributed by atoms with E-state index < -0.39 is 5.82 Å². The van der Waals surface area contributed by atoms with Crippen LogP contribution in [0.25, 0.3) is 22.3 Å². The van der Waals surface area contributed by atoms with Crippen molar-refractivity contribution in [2.45, 2.75) is 6.04 Å². The second-order valence-corrected chi connectivity index (χ2v) is 9.13. The molecule has 0 spiro atoms. The Morgan fingerprint density at radius 1 is 1.03 bits per heavy atom. The first-order valence-corrected chi connectivity index (χ1v) is 11.1. The van der Waals surface area contributed by atoms with Crippen LogP contribution in [0, 0.1) is 23.5 Å². The van der Waals surface area contributed by atoms with Crippen molar-refractivity contribution in [1.29, 1.82) is 0 Å². The minimum absolute atomic E-state index is 0.221. The molecule has 34 heavy (non-hydrogen) atoms. The van der Waals surface area contributed by atoms with Gasteiger partial charge in [-0.05, 0) is 18.2 Å². The van der Waals surface area contributed by atoms with Crippen molar-refractivity contribution >= 4 is 22.9 Å². The van der Waals surface area contributed by atoms with E-state index in [1.807, 2.05) is 23.6 Å². The smallest absolute Gasteiger partial charge is 0.255 e. The average Bonchev–Trinajstić information content (AvgIpc) is 3.14. The van der Waals surface area contributed by atoms with E-state index in [0.29, 0.717) is 29.0 Å². The van der Waals surface area contributed by atoms with Crippen molar-refractivity contribution in [1.82, 2.24) is 24.1 Å². The fraction of sp³-hybridized carbons (Fsp3) is 0.333. The van der Waals surface area contributed by atoms with E-state index >= 15 is 0 Å². The Labute approximate surface area is 194 Å². The molecule has 1 saturated carbocycles. The third kappa shape index (κ3) is 3.08. The normalized spacial score (nSPS) is 21.2. The number of aromatic nitrogens is 5. The second-order valence-electron chi connectivity index (χ2n) is 9.13. The number of imidazole rings is 1. The number of halogens is 2. The third-order valence-corrected chi connectivity index (χ3v) is 7.17. The van der Waals surface area contributed by atoms with Gasteiger partial charge >= 0.3 is 0 Å². The number of hydrogen-bond donors (Lipinski definition) is 0. The minimum Gasteiger partial charge on any atom is -0.342 e. The van der Waals surface area contributed by atoms with E-state index in [1.165, 1.54) is 35.0 Å². The molecule has 4 aromatic rings. The van der Waals surface area contributed by atoms with Gasteiger partial charge in [0.25, 0.3) is 5.56 Å². The fourth-order valence-electron chi connectivity index (χ4n) is 5.37. The predicted molar refractivity (Wildman–Crippen MR) is 125 cm³/mol. The highest BCUT2D eigenvalue weighted by molar-refractivity contribution is 5.79. The van der Waals surface area contributed by atoms with Crippen molar-refractivity contribution in [3.05, 3.63) is 64.7 Å². The van der Waals surface area contributed by atoms with Crippen molar-refractivity contribution in [3.8, 4) is 11.3 Å². The number of nitrogens with zero attached hydrogens (tertiary/aromatic N) is 7. The maximum Gasteiger partial charge on any atom is 0.255 e. The summed E-state index contributed by atoms with van der Waals surface area (Å²) in [5.41, 5.74) is 1.84. The van der Waals surface area contributed by atoms with Crippen LogP contribution in [0.3, 0.4) is 0 Å². The SMILES string of the molecule is CN(c1nc(-c2ccncc2F)cc(=O)n1C)[C@H]1[C@@H]2CN(c3nc4cc(F)ccc4n3C)C[C@@H]21. The summed E-state index contributed by atoms with van der Waals surface area (Å²) >= 11 is 0. The van der Waals surface area contributed by atoms with E-state index in [2.05, 4.69) is 19.9 Å². The molecular formula is C24H23F2N7O. The molecule has 174 valence electrons. The lowest BCUT2D eigenvalue weighted by Crippen LogP contribution is -2.36. The highest BCUT2D eigenvalue weighted by atomic mass is 19.1. The van der Waals surface area contributed by atoms with Gasteiger partial charge in [0.1, 0.15) is 5.82 Å². The van der Waals surface area contributed by atoms with Crippen LogP contribution < -0.4 is 15.4 Å². The van der Waals surface area contributed by atoms with E-state index in [1.54, 1.807) is 13.1 Å². The molecule has 3 aromatic heterocycles.